The predicted octanol–water partition coefficient (Wildman–Crippen LogP) is 5.15. The molecule has 1 heterocycles. The average molecular weight is 403 g/mol. The number of carbonyl (C=O) groups excluding carboxylic acids is 1. The summed E-state index contributed by atoms with van der Waals surface area (Å²) in [6.07, 6.45) is 0. The molecule has 0 saturated heterocycles. The maximum atomic E-state index is 12.4. The van der Waals surface area contributed by atoms with Gasteiger partial charge < -0.3 is 10.6 Å². The van der Waals surface area contributed by atoms with Crippen LogP contribution in [0.3, 0.4) is 0 Å². The van der Waals surface area contributed by atoms with Crippen molar-refractivity contribution >= 4 is 40.5 Å². The lowest BCUT2D eigenvalue weighted by Crippen LogP contribution is -2.22. The zero-order valence-electron chi connectivity index (χ0n) is 15.3. The summed E-state index contributed by atoms with van der Waals surface area (Å²) in [6.45, 7) is 5.95. The van der Waals surface area contributed by atoms with Gasteiger partial charge in [0.2, 0.25) is 5.91 Å². The fraction of sp³-hybridized carbons (Fsp3) is 0.200. The second-order valence-corrected chi connectivity index (χ2v) is 7.14. The van der Waals surface area contributed by atoms with Crippen LogP contribution in [0.2, 0.25) is 10.0 Å². The first-order valence-corrected chi connectivity index (χ1v) is 9.23. The molecule has 0 saturated carbocycles. The Morgan fingerprint density at radius 1 is 1.04 bits per heavy atom. The number of halogens is 2. The fourth-order valence-electron chi connectivity index (χ4n) is 2.73. The van der Waals surface area contributed by atoms with E-state index in [0.717, 1.165) is 28.5 Å². The third-order valence-electron chi connectivity index (χ3n) is 4.21. The Hall–Kier alpha value is -2.50. The average Bonchev–Trinajstić information content (AvgIpc) is 2.91. The van der Waals surface area contributed by atoms with Gasteiger partial charge in [-0.05, 0) is 51.1 Å². The van der Waals surface area contributed by atoms with Gasteiger partial charge in [-0.3, -0.25) is 4.79 Å². The molecular formula is C20H20Cl2N4O. The Labute approximate surface area is 168 Å². The molecule has 0 unspecified atom stereocenters. The molecule has 0 aliphatic heterocycles. The minimum absolute atomic E-state index is 0.104. The number of benzene rings is 2. The van der Waals surface area contributed by atoms with Crippen molar-refractivity contribution in [2.75, 3.05) is 17.2 Å². The first kappa shape index (κ1) is 19.3. The van der Waals surface area contributed by atoms with Crippen molar-refractivity contribution < 1.29 is 4.79 Å². The molecule has 3 aromatic rings. The van der Waals surface area contributed by atoms with E-state index in [1.165, 1.54) is 5.56 Å². The van der Waals surface area contributed by atoms with Crippen molar-refractivity contribution in [2.24, 2.45) is 0 Å². The van der Waals surface area contributed by atoms with Crippen LogP contribution >= 0.6 is 23.2 Å². The zero-order valence-corrected chi connectivity index (χ0v) is 16.8. The zero-order chi connectivity index (χ0) is 19.6. The number of aromatic nitrogens is 2. The number of aryl methyl sites for hydroxylation is 2. The Balaban J connectivity index is 1.70. The largest absolute Gasteiger partial charge is 0.376 e. The van der Waals surface area contributed by atoms with Gasteiger partial charge in [-0.1, -0.05) is 40.9 Å². The second-order valence-electron chi connectivity index (χ2n) is 6.32. The Bertz CT molecular complexity index is 980. The van der Waals surface area contributed by atoms with Crippen LogP contribution < -0.4 is 10.6 Å². The third-order valence-corrected chi connectivity index (χ3v) is 4.95. The summed E-state index contributed by atoms with van der Waals surface area (Å²) in [7, 11) is 0. The summed E-state index contributed by atoms with van der Waals surface area (Å²) in [6, 6.07) is 13.2. The van der Waals surface area contributed by atoms with E-state index in [1.807, 2.05) is 49.7 Å². The van der Waals surface area contributed by atoms with E-state index in [1.54, 1.807) is 18.2 Å². The van der Waals surface area contributed by atoms with Crippen LogP contribution in [0.4, 0.5) is 11.4 Å². The van der Waals surface area contributed by atoms with E-state index in [-0.39, 0.29) is 12.5 Å². The highest BCUT2D eigenvalue weighted by atomic mass is 35.5. The van der Waals surface area contributed by atoms with Crippen molar-refractivity contribution in [3.8, 4) is 5.69 Å². The molecule has 3 rings (SSSR count). The summed E-state index contributed by atoms with van der Waals surface area (Å²) in [5.74, 6) is -0.171. The Morgan fingerprint density at radius 2 is 1.74 bits per heavy atom. The lowest BCUT2D eigenvalue weighted by Gasteiger charge is -2.09. The summed E-state index contributed by atoms with van der Waals surface area (Å²) < 4.78 is 1.83. The van der Waals surface area contributed by atoms with Gasteiger partial charge in [0, 0.05) is 5.69 Å². The van der Waals surface area contributed by atoms with Gasteiger partial charge in [0.15, 0.2) is 0 Å². The molecule has 140 valence electrons. The van der Waals surface area contributed by atoms with Crippen molar-refractivity contribution in [3.05, 3.63) is 69.5 Å². The van der Waals surface area contributed by atoms with Crippen molar-refractivity contribution in [1.82, 2.24) is 9.78 Å². The smallest absolute Gasteiger partial charge is 0.243 e. The van der Waals surface area contributed by atoms with Crippen molar-refractivity contribution in [1.29, 1.82) is 0 Å². The molecule has 2 aromatic carbocycles. The number of nitrogens with zero attached hydrogens (tertiary/aromatic N) is 2. The van der Waals surface area contributed by atoms with E-state index in [2.05, 4.69) is 15.7 Å². The van der Waals surface area contributed by atoms with E-state index < -0.39 is 0 Å². The summed E-state index contributed by atoms with van der Waals surface area (Å²) in [4.78, 5) is 12.4. The molecule has 1 aromatic heterocycles. The normalized spacial score (nSPS) is 10.7. The van der Waals surface area contributed by atoms with Crippen LogP contribution in [0.25, 0.3) is 5.69 Å². The first-order valence-electron chi connectivity index (χ1n) is 8.47. The highest BCUT2D eigenvalue weighted by molar-refractivity contribution is 6.42. The first-order chi connectivity index (χ1) is 12.8. The Morgan fingerprint density at radius 3 is 2.41 bits per heavy atom. The SMILES string of the molecule is Cc1ccc(-n2nc(C)c(NC(=O)CNc3ccc(Cl)c(Cl)c3)c2C)cc1. The van der Waals surface area contributed by atoms with Crippen LogP contribution in [0.15, 0.2) is 42.5 Å². The number of hydrogen-bond donors (Lipinski definition) is 2. The van der Waals surface area contributed by atoms with E-state index in [0.29, 0.717) is 10.0 Å². The molecule has 0 bridgehead atoms. The molecule has 7 heteroatoms. The maximum absolute atomic E-state index is 12.4. The van der Waals surface area contributed by atoms with Crippen molar-refractivity contribution in [3.63, 3.8) is 0 Å². The van der Waals surface area contributed by atoms with Crippen LogP contribution in [-0.4, -0.2) is 22.2 Å². The molecule has 0 spiro atoms. The van der Waals surface area contributed by atoms with E-state index in [4.69, 9.17) is 23.2 Å². The summed E-state index contributed by atoms with van der Waals surface area (Å²) >= 11 is 11.9. The van der Waals surface area contributed by atoms with Gasteiger partial charge in [0.05, 0.1) is 39.4 Å². The topological polar surface area (TPSA) is 59.0 Å². The van der Waals surface area contributed by atoms with Gasteiger partial charge in [-0.15, -0.1) is 0 Å². The number of hydrogen-bond acceptors (Lipinski definition) is 3. The molecule has 1 amide bonds. The molecule has 0 radical (unpaired) electrons. The molecule has 0 fully saturated rings. The van der Waals surface area contributed by atoms with Crippen LogP contribution in [-0.2, 0) is 4.79 Å². The number of anilines is 2. The number of carbonyl (C=O) groups is 1. The number of rotatable bonds is 5. The van der Waals surface area contributed by atoms with E-state index in [9.17, 15) is 4.79 Å². The summed E-state index contributed by atoms with van der Waals surface area (Å²) in [5, 5.41) is 11.4. The standard InChI is InChI=1S/C20H20Cl2N4O/c1-12-4-7-16(8-5-12)26-14(3)20(13(2)25-26)24-19(27)11-23-15-6-9-17(21)18(22)10-15/h4-10,23H,11H2,1-3H3,(H,24,27). The van der Waals surface area contributed by atoms with Gasteiger partial charge in [0.25, 0.3) is 0 Å². The highest BCUT2D eigenvalue weighted by Gasteiger charge is 2.15. The fourth-order valence-corrected chi connectivity index (χ4v) is 3.03. The molecule has 5 nitrogen and oxygen atoms in total. The lowest BCUT2D eigenvalue weighted by molar-refractivity contribution is -0.114. The number of amides is 1. The molecular weight excluding hydrogens is 383 g/mol. The minimum Gasteiger partial charge on any atom is -0.376 e. The van der Waals surface area contributed by atoms with Gasteiger partial charge >= 0.3 is 0 Å². The summed E-state index contributed by atoms with van der Waals surface area (Å²) in [5.41, 5.74) is 5.22. The quantitative estimate of drug-likeness (QED) is 0.619. The van der Waals surface area contributed by atoms with Crippen LogP contribution in [0, 0.1) is 20.8 Å². The monoisotopic (exact) mass is 402 g/mol. The molecule has 0 aliphatic rings. The van der Waals surface area contributed by atoms with E-state index >= 15 is 0 Å². The van der Waals surface area contributed by atoms with Crippen molar-refractivity contribution in [2.45, 2.75) is 20.8 Å². The van der Waals surface area contributed by atoms with Crippen LogP contribution in [0.1, 0.15) is 17.0 Å². The minimum atomic E-state index is -0.171. The second kappa shape index (κ2) is 8.03. The Kier molecular flexibility index (Phi) is 5.73. The van der Waals surface area contributed by atoms with Gasteiger partial charge in [0.1, 0.15) is 0 Å². The molecule has 0 aliphatic carbocycles. The molecule has 2 N–H and O–H groups in total. The maximum Gasteiger partial charge on any atom is 0.243 e. The van der Waals surface area contributed by atoms with Gasteiger partial charge in [-0.2, -0.15) is 5.10 Å². The highest BCUT2D eigenvalue weighted by Crippen LogP contribution is 2.25. The number of nitrogens with one attached hydrogen (secondary N) is 2. The molecule has 0 atom stereocenters. The molecule has 27 heavy (non-hydrogen) atoms. The third kappa shape index (κ3) is 4.43. The van der Waals surface area contributed by atoms with Crippen LogP contribution in [0.5, 0.6) is 0 Å². The predicted molar refractivity (Wildman–Crippen MR) is 111 cm³/mol. The van der Waals surface area contributed by atoms with Gasteiger partial charge in [-0.25, -0.2) is 4.68 Å². The lowest BCUT2D eigenvalue weighted by atomic mass is 10.2.